The van der Waals surface area contributed by atoms with Gasteiger partial charge in [0.2, 0.25) is 0 Å². The summed E-state index contributed by atoms with van der Waals surface area (Å²) in [5, 5.41) is 0.732. The second kappa shape index (κ2) is 8.92. The first-order valence-corrected chi connectivity index (χ1v) is 11.1. The Labute approximate surface area is 189 Å². The number of nitrogens with one attached hydrogen (secondary N) is 2. The number of hydrazine groups is 1. The number of fused-ring (bicyclic) bond motifs is 1. The first-order valence-electron chi connectivity index (χ1n) is 10.3. The summed E-state index contributed by atoms with van der Waals surface area (Å²) in [4.78, 5) is 42.0. The SMILES string of the molecule is Cc1ccc(OCC(=O)NNC(=O)c2sc(-c3ccccc3)nc2C)c2c1[C@H](C)CC2=O. The molecule has 4 rings (SSSR count). The Bertz CT molecular complexity index is 1200. The van der Waals surface area contributed by atoms with Crippen LogP contribution in [0.15, 0.2) is 42.5 Å². The third-order valence-corrected chi connectivity index (χ3v) is 6.59. The molecule has 3 aromatic rings. The minimum absolute atomic E-state index is 0.0230. The van der Waals surface area contributed by atoms with Crippen LogP contribution in [0, 0.1) is 13.8 Å². The molecule has 0 bridgehead atoms. The van der Waals surface area contributed by atoms with Crippen molar-refractivity contribution in [2.24, 2.45) is 0 Å². The van der Waals surface area contributed by atoms with E-state index in [4.69, 9.17) is 4.74 Å². The Morgan fingerprint density at radius 1 is 1.12 bits per heavy atom. The van der Waals surface area contributed by atoms with Gasteiger partial charge in [-0.2, -0.15) is 0 Å². The Kier molecular flexibility index (Phi) is 6.05. The van der Waals surface area contributed by atoms with Gasteiger partial charge >= 0.3 is 0 Å². The molecule has 32 heavy (non-hydrogen) atoms. The van der Waals surface area contributed by atoms with E-state index in [1.165, 1.54) is 11.3 Å². The molecule has 164 valence electrons. The first kappa shape index (κ1) is 21.7. The van der Waals surface area contributed by atoms with Crippen LogP contribution in [0.4, 0.5) is 0 Å². The van der Waals surface area contributed by atoms with E-state index in [2.05, 4.69) is 15.8 Å². The lowest BCUT2D eigenvalue weighted by atomic mass is 9.97. The van der Waals surface area contributed by atoms with Crippen LogP contribution in [-0.2, 0) is 4.79 Å². The number of ketones is 1. The molecule has 1 aliphatic rings. The Morgan fingerprint density at radius 3 is 2.62 bits per heavy atom. The van der Waals surface area contributed by atoms with Gasteiger partial charge in [-0.3, -0.25) is 25.2 Å². The zero-order valence-electron chi connectivity index (χ0n) is 18.0. The van der Waals surface area contributed by atoms with Gasteiger partial charge in [0.15, 0.2) is 12.4 Å². The fourth-order valence-corrected chi connectivity index (χ4v) is 4.87. The average molecular weight is 450 g/mol. The first-order chi connectivity index (χ1) is 15.3. The minimum Gasteiger partial charge on any atom is -0.483 e. The smallest absolute Gasteiger partial charge is 0.281 e. The normalized spacial score (nSPS) is 14.7. The third-order valence-electron chi connectivity index (χ3n) is 5.39. The maximum Gasteiger partial charge on any atom is 0.281 e. The Morgan fingerprint density at radius 2 is 1.88 bits per heavy atom. The van der Waals surface area contributed by atoms with Crippen molar-refractivity contribution in [3.63, 3.8) is 0 Å². The largest absolute Gasteiger partial charge is 0.483 e. The van der Waals surface area contributed by atoms with Crippen molar-refractivity contribution < 1.29 is 19.1 Å². The second-order valence-corrected chi connectivity index (χ2v) is 8.79. The highest BCUT2D eigenvalue weighted by Crippen LogP contribution is 2.40. The average Bonchev–Trinajstić information content (AvgIpc) is 3.32. The molecule has 8 heteroatoms. The van der Waals surface area contributed by atoms with E-state index >= 15 is 0 Å². The summed E-state index contributed by atoms with van der Waals surface area (Å²) in [6, 6.07) is 13.2. The molecule has 7 nitrogen and oxygen atoms in total. The van der Waals surface area contributed by atoms with E-state index in [0.29, 0.717) is 28.3 Å². The summed E-state index contributed by atoms with van der Waals surface area (Å²) in [7, 11) is 0. The van der Waals surface area contributed by atoms with Gasteiger partial charge in [-0.05, 0) is 37.0 Å². The summed E-state index contributed by atoms with van der Waals surface area (Å²) < 4.78 is 5.61. The molecule has 0 radical (unpaired) electrons. The van der Waals surface area contributed by atoms with Gasteiger partial charge in [0.05, 0.1) is 11.3 Å². The number of carbonyl (C=O) groups excluding carboxylic acids is 3. The molecule has 0 fully saturated rings. The predicted octanol–water partition coefficient (Wildman–Crippen LogP) is 3.96. The number of Topliss-reactive ketones (excluding diaryl/α,β-unsaturated/α-hetero) is 1. The fraction of sp³-hybridized carbons (Fsp3) is 0.250. The standard InChI is InChI=1S/C24H23N3O4S/c1-13-9-10-18(21-17(28)11-14(2)20(13)21)31-12-19(29)26-27-23(30)22-15(3)25-24(32-22)16-7-5-4-6-8-16/h4-10,14H,11-12H2,1-3H3,(H,26,29)(H,27,30)/t14-/m1/s1. The van der Waals surface area contributed by atoms with Crippen LogP contribution >= 0.6 is 11.3 Å². The second-order valence-electron chi connectivity index (χ2n) is 7.79. The van der Waals surface area contributed by atoms with Crippen molar-refractivity contribution in [3.05, 3.63) is 69.7 Å². The summed E-state index contributed by atoms with van der Waals surface area (Å²) in [5.41, 5.74) is 8.85. The molecule has 2 N–H and O–H groups in total. The van der Waals surface area contributed by atoms with Gasteiger partial charge in [-0.1, -0.05) is 43.3 Å². The summed E-state index contributed by atoms with van der Waals surface area (Å²) in [5.74, 6) is -0.424. The minimum atomic E-state index is -0.531. The quantitative estimate of drug-likeness (QED) is 0.575. The third kappa shape index (κ3) is 4.27. The molecule has 0 saturated heterocycles. The number of aryl methyl sites for hydroxylation is 2. The molecule has 1 aromatic heterocycles. The lowest BCUT2D eigenvalue weighted by molar-refractivity contribution is -0.123. The number of hydrogen-bond donors (Lipinski definition) is 2. The Hall–Kier alpha value is -3.52. The summed E-state index contributed by atoms with van der Waals surface area (Å²) in [6.07, 6.45) is 0.442. The Balaban J connectivity index is 1.36. The molecular formula is C24H23N3O4S. The van der Waals surface area contributed by atoms with E-state index < -0.39 is 11.8 Å². The van der Waals surface area contributed by atoms with Crippen LogP contribution in [-0.4, -0.2) is 29.2 Å². The van der Waals surface area contributed by atoms with Crippen molar-refractivity contribution in [3.8, 4) is 16.3 Å². The topological polar surface area (TPSA) is 97.4 Å². The predicted molar refractivity (Wildman–Crippen MR) is 122 cm³/mol. The maximum atomic E-state index is 12.5. The lowest BCUT2D eigenvalue weighted by Gasteiger charge is -2.13. The number of hydrogen-bond acceptors (Lipinski definition) is 6. The zero-order chi connectivity index (χ0) is 22.8. The molecule has 2 aromatic carbocycles. The molecular weight excluding hydrogens is 426 g/mol. The van der Waals surface area contributed by atoms with Crippen LogP contribution in [0.2, 0.25) is 0 Å². The number of amides is 2. The van der Waals surface area contributed by atoms with Gasteiger partial charge in [0.25, 0.3) is 11.8 Å². The highest BCUT2D eigenvalue weighted by atomic mass is 32.1. The van der Waals surface area contributed by atoms with E-state index in [0.717, 1.165) is 21.7 Å². The number of thiazole rings is 1. The number of rotatable bonds is 5. The molecule has 1 atom stereocenters. The molecule has 0 unspecified atom stereocenters. The van der Waals surface area contributed by atoms with Gasteiger partial charge in [-0.25, -0.2) is 4.98 Å². The molecule has 1 aliphatic carbocycles. The monoisotopic (exact) mass is 449 g/mol. The van der Waals surface area contributed by atoms with Crippen molar-refractivity contribution in [1.82, 2.24) is 15.8 Å². The maximum absolute atomic E-state index is 12.5. The number of carbonyl (C=O) groups is 3. The number of aromatic nitrogens is 1. The van der Waals surface area contributed by atoms with E-state index in [9.17, 15) is 14.4 Å². The van der Waals surface area contributed by atoms with Crippen LogP contribution in [0.3, 0.4) is 0 Å². The van der Waals surface area contributed by atoms with Crippen LogP contribution in [0.1, 0.15) is 56.1 Å². The summed E-state index contributed by atoms with van der Waals surface area (Å²) in [6.45, 7) is 5.39. The van der Waals surface area contributed by atoms with E-state index in [1.807, 2.05) is 50.2 Å². The van der Waals surface area contributed by atoms with Crippen LogP contribution < -0.4 is 15.6 Å². The summed E-state index contributed by atoms with van der Waals surface area (Å²) >= 11 is 1.25. The number of ether oxygens (including phenoxy) is 1. The van der Waals surface area contributed by atoms with E-state index in [-0.39, 0.29) is 18.3 Å². The molecule has 2 amide bonds. The van der Waals surface area contributed by atoms with Crippen molar-refractivity contribution in [1.29, 1.82) is 0 Å². The van der Waals surface area contributed by atoms with Crippen LogP contribution in [0.5, 0.6) is 5.75 Å². The van der Waals surface area contributed by atoms with Gasteiger partial charge < -0.3 is 4.74 Å². The number of nitrogens with zero attached hydrogens (tertiary/aromatic N) is 1. The highest BCUT2D eigenvalue weighted by molar-refractivity contribution is 7.17. The molecule has 0 saturated carbocycles. The number of benzene rings is 2. The zero-order valence-corrected chi connectivity index (χ0v) is 18.8. The van der Waals surface area contributed by atoms with Crippen molar-refractivity contribution in [2.75, 3.05) is 6.61 Å². The van der Waals surface area contributed by atoms with Gasteiger partial charge in [-0.15, -0.1) is 11.3 Å². The van der Waals surface area contributed by atoms with Crippen molar-refractivity contribution >= 4 is 28.9 Å². The lowest BCUT2D eigenvalue weighted by Crippen LogP contribution is -2.43. The highest BCUT2D eigenvalue weighted by Gasteiger charge is 2.31. The van der Waals surface area contributed by atoms with Crippen LogP contribution in [0.25, 0.3) is 10.6 Å². The van der Waals surface area contributed by atoms with Crippen molar-refractivity contribution in [2.45, 2.75) is 33.1 Å². The molecule has 1 heterocycles. The molecule has 0 aliphatic heterocycles. The fourth-order valence-electron chi connectivity index (χ4n) is 3.90. The molecule has 0 spiro atoms. The van der Waals surface area contributed by atoms with Gasteiger partial charge in [0.1, 0.15) is 15.6 Å². The van der Waals surface area contributed by atoms with E-state index in [1.54, 1.807) is 13.0 Å². The van der Waals surface area contributed by atoms with Gasteiger partial charge in [0, 0.05) is 12.0 Å².